The lowest BCUT2D eigenvalue weighted by atomic mass is 10.1. The Morgan fingerprint density at radius 3 is 1.00 bits per heavy atom. The minimum Gasteiger partial charge on any atom is -0.462 e. The van der Waals surface area contributed by atoms with E-state index in [0.29, 0.717) is 19.3 Å². The van der Waals surface area contributed by atoms with Crippen molar-refractivity contribution < 1.29 is 28.6 Å². The lowest BCUT2D eigenvalue weighted by Gasteiger charge is -2.18. The summed E-state index contributed by atoms with van der Waals surface area (Å²) in [4.78, 5) is 38.0. The molecule has 0 aromatic heterocycles. The van der Waals surface area contributed by atoms with E-state index in [-0.39, 0.29) is 31.1 Å². The average molecular weight is 903 g/mol. The first-order valence-corrected chi connectivity index (χ1v) is 26.7. The van der Waals surface area contributed by atoms with Gasteiger partial charge in [-0.15, -0.1) is 0 Å². The highest BCUT2D eigenvalue weighted by Gasteiger charge is 2.19. The Kier molecular flexibility index (Phi) is 50.0. The molecule has 0 heterocycles. The topological polar surface area (TPSA) is 78.9 Å². The fourth-order valence-electron chi connectivity index (χ4n) is 7.02. The summed E-state index contributed by atoms with van der Waals surface area (Å²) in [6, 6.07) is 0. The Morgan fingerprint density at radius 1 is 0.323 bits per heavy atom. The van der Waals surface area contributed by atoms with E-state index in [1.165, 1.54) is 64.2 Å². The summed E-state index contributed by atoms with van der Waals surface area (Å²) in [5.41, 5.74) is 0. The highest BCUT2D eigenvalue weighted by molar-refractivity contribution is 5.71. The third kappa shape index (κ3) is 51.2. The second kappa shape index (κ2) is 52.9. The summed E-state index contributed by atoms with van der Waals surface area (Å²) >= 11 is 0. The van der Waals surface area contributed by atoms with Crippen LogP contribution in [-0.2, 0) is 28.6 Å². The van der Waals surface area contributed by atoms with E-state index in [1.54, 1.807) is 0 Å². The van der Waals surface area contributed by atoms with Crippen molar-refractivity contribution in [1.82, 2.24) is 0 Å². The van der Waals surface area contributed by atoms with Crippen LogP contribution in [0.2, 0.25) is 0 Å². The molecule has 1 atom stereocenters. The normalized spacial score (nSPS) is 12.8. The minimum atomic E-state index is -0.802. The molecule has 0 rings (SSSR count). The van der Waals surface area contributed by atoms with Crippen molar-refractivity contribution in [3.8, 4) is 0 Å². The lowest BCUT2D eigenvalue weighted by Crippen LogP contribution is -2.30. The summed E-state index contributed by atoms with van der Waals surface area (Å²) in [6.45, 7) is 6.43. The number of hydrogen-bond acceptors (Lipinski definition) is 6. The first-order valence-electron chi connectivity index (χ1n) is 26.7. The number of carbonyl (C=O) groups excluding carboxylic acids is 3. The van der Waals surface area contributed by atoms with E-state index >= 15 is 0 Å². The molecule has 0 saturated heterocycles. The zero-order chi connectivity index (χ0) is 47.2. The predicted molar refractivity (Wildman–Crippen MR) is 279 cm³/mol. The molecule has 0 spiro atoms. The molecule has 0 saturated carbocycles. The van der Waals surface area contributed by atoms with Gasteiger partial charge in [0.1, 0.15) is 13.2 Å². The van der Waals surface area contributed by atoms with Gasteiger partial charge in [-0.25, -0.2) is 0 Å². The highest BCUT2D eigenvalue weighted by Crippen LogP contribution is 2.13. The average Bonchev–Trinajstić information content (AvgIpc) is 3.30. The predicted octanol–water partition coefficient (Wildman–Crippen LogP) is 17.8. The summed E-state index contributed by atoms with van der Waals surface area (Å²) in [5.74, 6) is -0.956. The van der Waals surface area contributed by atoms with Gasteiger partial charge in [0.15, 0.2) is 6.10 Å². The molecule has 0 aliphatic heterocycles. The molecule has 0 aromatic rings. The Morgan fingerprint density at radius 2 is 0.600 bits per heavy atom. The maximum atomic E-state index is 12.8. The van der Waals surface area contributed by atoms with Crippen LogP contribution in [0, 0.1) is 0 Å². The summed E-state index contributed by atoms with van der Waals surface area (Å²) < 4.78 is 16.8. The van der Waals surface area contributed by atoms with E-state index < -0.39 is 6.10 Å². The van der Waals surface area contributed by atoms with Crippen molar-refractivity contribution >= 4 is 17.9 Å². The number of unbranched alkanes of at least 4 members (excludes halogenated alkanes) is 20. The van der Waals surface area contributed by atoms with Crippen LogP contribution in [0.3, 0.4) is 0 Å². The molecule has 0 radical (unpaired) electrons. The SMILES string of the molecule is CC/C=C/C/C=C/C/C=C/C/C=C/C/C=C/CCCCCC(=O)OC[C@@H](COC(=O)CCCCCCC/C=C/CCCCCC)OC(=O)CCCCCCC/C=C/C/C=C/CCCCC. The Labute approximate surface area is 400 Å². The number of ether oxygens (including phenoxy) is 3. The minimum absolute atomic E-state index is 0.0992. The standard InChI is InChI=1S/C59H98O6/c1-4-7-10-13-16-19-22-25-27-28-29-30-32-34-37-40-43-46-49-52-58(61)64-55-56(54-63-57(60)51-48-45-42-39-36-33-24-21-18-15-12-9-6-3)65-59(62)53-50-47-44-41-38-35-31-26-23-20-17-14-11-8-5-2/h7,10,16-17,19-21,24-27,29-31,34,37,56H,4-6,8-9,11-15,18,22-23,28,32-33,35-36,38-55H2,1-3H3/b10-7+,19-16+,20-17+,24-21+,27-25+,30-29+,31-26+,37-34+/t56-/m1/s1. The number of carbonyl (C=O) groups is 3. The molecular weight excluding hydrogens is 805 g/mol. The molecule has 65 heavy (non-hydrogen) atoms. The molecule has 0 unspecified atom stereocenters. The maximum Gasteiger partial charge on any atom is 0.306 e. The van der Waals surface area contributed by atoms with Crippen LogP contribution < -0.4 is 0 Å². The van der Waals surface area contributed by atoms with Crippen molar-refractivity contribution in [3.63, 3.8) is 0 Å². The van der Waals surface area contributed by atoms with Gasteiger partial charge in [-0.3, -0.25) is 14.4 Å². The second-order valence-electron chi connectivity index (χ2n) is 17.4. The van der Waals surface area contributed by atoms with Gasteiger partial charge in [0.05, 0.1) is 0 Å². The van der Waals surface area contributed by atoms with Crippen molar-refractivity contribution in [3.05, 3.63) is 97.2 Å². The fourth-order valence-corrected chi connectivity index (χ4v) is 7.02. The van der Waals surface area contributed by atoms with Crippen LogP contribution >= 0.6 is 0 Å². The van der Waals surface area contributed by atoms with Gasteiger partial charge in [0, 0.05) is 19.3 Å². The quantitative estimate of drug-likeness (QED) is 0.0262. The molecule has 6 heteroatoms. The molecule has 0 fully saturated rings. The Balaban J connectivity index is 4.48. The monoisotopic (exact) mass is 903 g/mol. The molecule has 0 aliphatic rings. The number of esters is 3. The number of rotatable bonds is 47. The molecule has 0 aromatic carbocycles. The van der Waals surface area contributed by atoms with Gasteiger partial charge < -0.3 is 14.2 Å². The smallest absolute Gasteiger partial charge is 0.306 e. The van der Waals surface area contributed by atoms with Crippen LogP contribution in [0.1, 0.15) is 239 Å². The van der Waals surface area contributed by atoms with Crippen LogP contribution in [0.5, 0.6) is 0 Å². The van der Waals surface area contributed by atoms with Gasteiger partial charge in [0.2, 0.25) is 0 Å². The third-order valence-corrected chi connectivity index (χ3v) is 11.0. The van der Waals surface area contributed by atoms with Crippen LogP contribution in [0.4, 0.5) is 0 Å². The second-order valence-corrected chi connectivity index (χ2v) is 17.4. The van der Waals surface area contributed by atoms with Gasteiger partial charge in [-0.05, 0) is 122 Å². The van der Waals surface area contributed by atoms with Gasteiger partial charge in [-0.2, -0.15) is 0 Å². The molecule has 0 aliphatic carbocycles. The van der Waals surface area contributed by atoms with Crippen molar-refractivity contribution in [1.29, 1.82) is 0 Å². The zero-order valence-electron chi connectivity index (χ0n) is 42.2. The third-order valence-electron chi connectivity index (χ3n) is 11.0. The van der Waals surface area contributed by atoms with Crippen LogP contribution in [0.15, 0.2) is 97.2 Å². The van der Waals surface area contributed by atoms with E-state index in [4.69, 9.17) is 14.2 Å². The van der Waals surface area contributed by atoms with E-state index in [2.05, 4.69) is 118 Å². The van der Waals surface area contributed by atoms with E-state index in [9.17, 15) is 14.4 Å². The molecule has 0 N–H and O–H groups in total. The molecule has 0 bridgehead atoms. The van der Waals surface area contributed by atoms with Crippen molar-refractivity contribution in [2.75, 3.05) is 13.2 Å². The first kappa shape index (κ1) is 61.3. The number of hydrogen-bond donors (Lipinski definition) is 0. The van der Waals surface area contributed by atoms with Crippen molar-refractivity contribution in [2.24, 2.45) is 0 Å². The molecule has 370 valence electrons. The maximum absolute atomic E-state index is 12.8. The van der Waals surface area contributed by atoms with Gasteiger partial charge in [0.25, 0.3) is 0 Å². The first-order chi connectivity index (χ1) is 32.0. The van der Waals surface area contributed by atoms with E-state index in [1.807, 2.05) is 0 Å². The molecular formula is C59H98O6. The number of allylic oxidation sites excluding steroid dienone is 16. The lowest BCUT2D eigenvalue weighted by molar-refractivity contribution is -0.167. The van der Waals surface area contributed by atoms with Gasteiger partial charge >= 0.3 is 17.9 Å². The Hall–Kier alpha value is -3.67. The summed E-state index contributed by atoms with van der Waals surface area (Å²) in [7, 11) is 0. The van der Waals surface area contributed by atoms with Gasteiger partial charge in [-0.1, -0.05) is 195 Å². The summed E-state index contributed by atoms with van der Waals surface area (Å²) in [6.07, 6.45) is 69.6. The molecule has 6 nitrogen and oxygen atoms in total. The highest BCUT2D eigenvalue weighted by atomic mass is 16.6. The largest absolute Gasteiger partial charge is 0.462 e. The molecule has 0 amide bonds. The summed E-state index contributed by atoms with van der Waals surface area (Å²) in [5, 5.41) is 0. The zero-order valence-corrected chi connectivity index (χ0v) is 42.2. The van der Waals surface area contributed by atoms with Crippen LogP contribution in [0.25, 0.3) is 0 Å². The fraction of sp³-hybridized carbons (Fsp3) is 0.678. The van der Waals surface area contributed by atoms with E-state index in [0.717, 1.165) is 135 Å². The van der Waals surface area contributed by atoms with Crippen LogP contribution in [-0.4, -0.2) is 37.2 Å². The van der Waals surface area contributed by atoms with Crippen molar-refractivity contribution in [2.45, 2.75) is 245 Å². The Bertz CT molecular complexity index is 1310.